The van der Waals surface area contributed by atoms with Crippen molar-refractivity contribution in [1.29, 1.82) is 0 Å². The number of hydrogen-bond donors (Lipinski definition) is 1. The summed E-state index contributed by atoms with van der Waals surface area (Å²) in [6.45, 7) is -0.369. The molecule has 4 bridgehead atoms. The topological polar surface area (TPSA) is 68.3 Å². The molecular formula is C18H19Cl3N2O3. The maximum absolute atomic E-state index is 12.8. The number of hydrogen-bond acceptors (Lipinski definition) is 4. The van der Waals surface area contributed by atoms with Gasteiger partial charge in [0.15, 0.2) is 12.4 Å². The van der Waals surface area contributed by atoms with Crippen LogP contribution in [0.15, 0.2) is 12.3 Å². The molecule has 140 valence electrons. The molecular weight excluding hydrogens is 399 g/mol. The molecule has 0 aliphatic heterocycles. The van der Waals surface area contributed by atoms with E-state index in [9.17, 15) is 9.59 Å². The number of carbonyl (C=O) groups is 2. The van der Waals surface area contributed by atoms with Gasteiger partial charge < -0.3 is 10.1 Å². The third-order valence-corrected chi connectivity index (χ3v) is 6.76. The van der Waals surface area contributed by atoms with Crippen molar-refractivity contribution in [3.05, 3.63) is 22.3 Å². The molecule has 4 saturated carbocycles. The van der Waals surface area contributed by atoms with E-state index in [4.69, 9.17) is 39.5 Å². The zero-order valence-electron chi connectivity index (χ0n) is 14.1. The van der Waals surface area contributed by atoms with E-state index in [1.807, 2.05) is 0 Å². The van der Waals surface area contributed by atoms with Crippen LogP contribution in [-0.2, 0) is 14.3 Å². The zero-order valence-corrected chi connectivity index (χ0v) is 16.3. The van der Waals surface area contributed by atoms with E-state index in [2.05, 4.69) is 10.3 Å². The summed E-state index contributed by atoms with van der Waals surface area (Å²) >= 11 is 18.5. The third kappa shape index (κ3) is 3.41. The molecule has 4 atom stereocenters. The van der Waals surface area contributed by atoms with Crippen LogP contribution < -0.4 is 5.32 Å². The molecule has 0 radical (unpaired) electrons. The highest BCUT2D eigenvalue weighted by Crippen LogP contribution is 2.64. The number of halogens is 3. The van der Waals surface area contributed by atoms with Crippen LogP contribution in [0, 0.1) is 17.3 Å². The number of amides is 1. The van der Waals surface area contributed by atoms with Crippen molar-refractivity contribution in [3.8, 4) is 0 Å². The van der Waals surface area contributed by atoms with Crippen molar-refractivity contribution in [3.63, 3.8) is 0 Å². The van der Waals surface area contributed by atoms with Crippen molar-refractivity contribution < 1.29 is 14.3 Å². The van der Waals surface area contributed by atoms with E-state index < -0.39 is 11.3 Å². The minimum Gasteiger partial charge on any atom is -0.455 e. The van der Waals surface area contributed by atoms with Gasteiger partial charge in [-0.25, -0.2) is 4.98 Å². The summed E-state index contributed by atoms with van der Waals surface area (Å²) in [4.78, 5) is 28.6. The molecule has 1 N–H and O–H groups in total. The summed E-state index contributed by atoms with van der Waals surface area (Å²) in [5.74, 6) is 0.383. The van der Waals surface area contributed by atoms with E-state index in [0.29, 0.717) is 23.3 Å². The van der Waals surface area contributed by atoms with Crippen LogP contribution in [0.1, 0.15) is 38.5 Å². The zero-order chi connectivity index (χ0) is 18.5. The number of carbonyl (C=O) groups excluding carboxylic acids is 2. The second-order valence-corrected chi connectivity index (χ2v) is 9.65. The predicted molar refractivity (Wildman–Crippen MR) is 99.5 cm³/mol. The molecule has 5 nitrogen and oxygen atoms in total. The first kappa shape index (κ1) is 18.3. The predicted octanol–water partition coefficient (Wildman–Crippen LogP) is 4.45. The van der Waals surface area contributed by atoms with Crippen LogP contribution in [0.2, 0.25) is 10.0 Å². The number of pyridine rings is 1. The molecule has 26 heavy (non-hydrogen) atoms. The Morgan fingerprint density at radius 2 is 1.92 bits per heavy atom. The second kappa shape index (κ2) is 6.54. The van der Waals surface area contributed by atoms with Crippen LogP contribution in [0.25, 0.3) is 0 Å². The first-order chi connectivity index (χ1) is 12.3. The molecule has 5 rings (SSSR count). The average molecular weight is 418 g/mol. The van der Waals surface area contributed by atoms with E-state index in [1.165, 1.54) is 12.3 Å². The first-order valence-electron chi connectivity index (χ1n) is 8.74. The Balaban J connectivity index is 1.37. The van der Waals surface area contributed by atoms with Gasteiger partial charge in [0.25, 0.3) is 5.91 Å². The van der Waals surface area contributed by atoms with Gasteiger partial charge in [-0.15, -0.1) is 11.6 Å². The minimum absolute atomic E-state index is 0.187. The van der Waals surface area contributed by atoms with Crippen LogP contribution >= 0.6 is 34.8 Å². The highest BCUT2D eigenvalue weighted by molar-refractivity contribution is 6.36. The number of esters is 1. The van der Waals surface area contributed by atoms with E-state index in [0.717, 1.165) is 32.1 Å². The average Bonchev–Trinajstić information content (AvgIpc) is 2.53. The quantitative estimate of drug-likeness (QED) is 0.580. The van der Waals surface area contributed by atoms with Crippen molar-refractivity contribution in [2.45, 2.75) is 43.4 Å². The van der Waals surface area contributed by atoms with E-state index in [1.54, 1.807) is 0 Å². The fraction of sp³-hybridized carbons (Fsp3) is 0.611. The molecule has 4 aliphatic rings. The lowest BCUT2D eigenvalue weighted by Crippen LogP contribution is -2.56. The van der Waals surface area contributed by atoms with E-state index in [-0.39, 0.29) is 28.3 Å². The number of aromatic nitrogens is 1. The lowest BCUT2D eigenvalue weighted by molar-refractivity contribution is -0.171. The fourth-order valence-corrected chi connectivity index (χ4v) is 6.47. The van der Waals surface area contributed by atoms with Crippen molar-refractivity contribution in [2.75, 3.05) is 11.9 Å². The smallest absolute Gasteiger partial charge is 0.312 e. The third-order valence-electron chi connectivity index (χ3n) is 5.82. The molecule has 1 heterocycles. The summed E-state index contributed by atoms with van der Waals surface area (Å²) < 4.78 is 5.36. The Kier molecular flexibility index (Phi) is 4.61. The fourth-order valence-electron chi connectivity index (χ4n) is 5.35. The molecule has 0 saturated heterocycles. The van der Waals surface area contributed by atoms with Gasteiger partial charge in [0.2, 0.25) is 0 Å². The Bertz CT molecular complexity index is 756. The van der Waals surface area contributed by atoms with Gasteiger partial charge in [0.05, 0.1) is 15.5 Å². The number of rotatable bonds is 4. The molecule has 0 aromatic carbocycles. The SMILES string of the molecule is O=C(COC(=O)C12C[C@@H]3C[C@@H](CC(Cl)(C3)C1)C2)Nc1ncc(Cl)cc1Cl. The number of nitrogens with zero attached hydrogens (tertiary/aromatic N) is 1. The number of nitrogens with one attached hydrogen (secondary N) is 1. The molecule has 8 heteroatoms. The van der Waals surface area contributed by atoms with Gasteiger partial charge in [0, 0.05) is 11.1 Å². The molecule has 0 spiro atoms. The highest BCUT2D eigenvalue weighted by Gasteiger charge is 2.60. The maximum atomic E-state index is 12.8. The summed E-state index contributed by atoms with van der Waals surface area (Å²) in [5, 5.41) is 3.13. The number of alkyl halides is 1. The summed E-state index contributed by atoms with van der Waals surface area (Å²) in [6.07, 6.45) is 6.81. The van der Waals surface area contributed by atoms with Gasteiger partial charge >= 0.3 is 5.97 Å². The van der Waals surface area contributed by atoms with Gasteiger partial charge in [-0.1, -0.05) is 23.2 Å². The summed E-state index contributed by atoms with van der Waals surface area (Å²) in [5.41, 5.74) is -0.526. The highest BCUT2D eigenvalue weighted by atomic mass is 35.5. The molecule has 2 unspecified atom stereocenters. The van der Waals surface area contributed by atoms with Gasteiger partial charge in [0.1, 0.15) is 0 Å². The van der Waals surface area contributed by atoms with Crippen molar-refractivity contribution in [1.82, 2.24) is 4.98 Å². The van der Waals surface area contributed by atoms with Gasteiger partial charge in [-0.2, -0.15) is 0 Å². The largest absolute Gasteiger partial charge is 0.455 e. The van der Waals surface area contributed by atoms with Crippen LogP contribution in [-0.4, -0.2) is 28.3 Å². The normalized spacial score (nSPS) is 34.6. The van der Waals surface area contributed by atoms with Crippen LogP contribution in [0.4, 0.5) is 5.82 Å². The second-order valence-electron chi connectivity index (χ2n) is 8.00. The van der Waals surface area contributed by atoms with Crippen LogP contribution in [0.5, 0.6) is 0 Å². The molecule has 4 fully saturated rings. The number of anilines is 1. The minimum atomic E-state index is -0.526. The molecule has 1 aromatic heterocycles. The summed E-state index contributed by atoms with van der Waals surface area (Å²) in [7, 11) is 0. The lowest BCUT2D eigenvalue weighted by atomic mass is 9.49. The lowest BCUT2D eigenvalue weighted by Gasteiger charge is -2.58. The van der Waals surface area contributed by atoms with Gasteiger partial charge in [-0.3, -0.25) is 9.59 Å². The first-order valence-corrected chi connectivity index (χ1v) is 9.87. The van der Waals surface area contributed by atoms with Crippen LogP contribution in [0.3, 0.4) is 0 Å². The molecule has 1 amide bonds. The van der Waals surface area contributed by atoms with Crippen molar-refractivity contribution >= 4 is 52.5 Å². The monoisotopic (exact) mass is 416 g/mol. The Morgan fingerprint density at radius 3 is 2.54 bits per heavy atom. The van der Waals surface area contributed by atoms with Gasteiger partial charge in [-0.05, 0) is 56.4 Å². The summed E-state index contributed by atoms with van der Waals surface area (Å²) in [6, 6.07) is 1.48. The van der Waals surface area contributed by atoms with E-state index >= 15 is 0 Å². The molecule has 1 aromatic rings. The standard InChI is InChI=1S/C18H19Cl3N2O3/c19-12-2-13(20)15(22-7-12)23-14(24)8-26-16(25)17-3-10-1-11(4-17)6-18(21,5-10)9-17/h2,7,10-11H,1,3-6,8-9H2,(H,22,23,24)/t10-,11+,17?,18?. The number of ether oxygens (including phenoxy) is 1. The molecule has 4 aliphatic carbocycles. The Labute approximate surface area is 166 Å². The Hall–Kier alpha value is -1.04. The maximum Gasteiger partial charge on any atom is 0.312 e. The van der Waals surface area contributed by atoms with Crippen molar-refractivity contribution in [2.24, 2.45) is 17.3 Å². The Morgan fingerprint density at radius 1 is 1.23 bits per heavy atom.